The summed E-state index contributed by atoms with van der Waals surface area (Å²) in [5.74, 6) is -0.391. The molecule has 2 unspecified atom stereocenters. The molecule has 16 heavy (non-hydrogen) atoms. The third-order valence-corrected chi connectivity index (χ3v) is 2.91. The molecular formula is C13H19NO2. The molecule has 0 bridgehead atoms. The van der Waals surface area contributed by atoms with Crippen LogP contribution in [0.15, 0.2) is 24.3 Å². The minimum atomic E-state index is -0.472. The summed E-state index contributed by atoms with van der Waals surface area (Å²) in [6.45, 7) is 5.81. The van der Waals surface area contributed by atoms with Gasteiger partial charge < -0.3 is 10.8 Å². The maximum absolute atomic E-state index is 11.3. The minimum absolute atomic E-state index is 0.0938. The van der Waals surface area contributed by atoms with Crippen molar-refractivity contribution in [3.8, 4) is 0 Å². The highest BCUT2D eigenvalue weighted by molar-refractivity contribution is 5.94. The zero-order chi connectivity index (χ0) is 12.3. The predicted molar refractivity (Wildman–Crippen MR) is 64.2 cm³/mol. The first-order chi connectivity index (χ1) is 7.45. The van der Waals surface area contributed by atoms with E-state index in [2.05, 4.69) is 0 Å². The van der Waals surface area contributed by atoms with Gasteiger partial charge in [0.15, 0.2) is 0 Å². The molecule has 2 atom stereocenters. The van der Waals surface area contributed by atoms with Gasteiger partial charge in [0.2, 0.25) is 5.91 Å². The Morgan fingerprint density at radius 1 is 1.25 bits per heavy atom. The number of primary amides is 1. The van der Waals surface area contributed by atoms with E-state index in [0.29, 0.717) is 5.56 Å². The van der Waals surface area contributed by atoms with Gasteiger partial charge in [-0.1, -0.05) is 39.0 Å². The number of hydrogen-bond acceptors (Lipinski definition) is 2. The van der Waals surface area contributed by atoms with Crippen molar-refractivity contribution in [2.75, 3.05) is 0 Å². The van der Waals surface area contributed by atoms with E-state index in [1.165, 1.54) is 0 Å². The maximum Gasteiger partial charge on any atom is 0.248 e. The van der Waals surface area contributed by atoms with Gasteiger partial charge in [0.05, 0.1) is 6.10 Å². The molecule has 0 heterocycles. The Balaban J connectivity index is 3.08. The van der Waals surface area contributed by atoms with E-state index in [0.717, 1.165) is 5.56 Å². The van der Waals surface area contributed by atoms with E-state index in [1.807, 2.05) is 32.9 Å². The van der Waals surface area contributed by atoms with Gasteiger partial charge in [0, 0.05) is 11.5 Å². The molecular weight excluding hydrogens is 202 g/mol. The van der Waals surface area contributed by atoms with Crippen LogP contribution in [0, 0.1) is 5.92 Å². The molecule has 1 aromatic rings. The fourth-order valence-electron chi connectivity index (χ4n) is 1.88. The molecule has 0 radical (unpaired) electrons. The van der Waals surface area contributed by atoms with Gasteiger partial charge >= 0.3 is 0 Å². The monoisotopic (exact) mass is 221 g/mol. The molecule has 1 amide bonds. The van der Waals surface area contributed by atoms with E-state index in [-0.39, 0.29) is 11.8 Å². The Morgan fingerprint density at radius 2 is 1.81 bits per heavy atom. The van der Waals surface area contributed by atoms with Crippen molar-refractivity contribution in [3.05, 3.63) is 35.4 Å². The Labute approximate surface area is 96.3 Å². The van der Waals surface area contributed by atoms with E-state index in [1.54, 1.807) is 12.1 Å². The van der Waals surface area contributed by atoms with Crippen molar-refractivity contribution < 1.29 is 9.90 Å². The third kappa shape index (κ3) is 2.61. The van der Waals surface area contributed by atoms with Crippen molar-refractivity contribution in [3.63, 3.8) is 0 Å². The van der Waals surface area contributed by atoms with E-state index < -0.39 is 12.0 Å². The molecule has 3 heteroatoms. The average Bonchev–Trinajstić information content (AvgIpc) is 2.26. The molecule has 0 saturated carbocycles. The SMILES string of the molecule is CC(C)C(O)C(C)c1ccccc1C(N)=O. The fraction of sp³-hybridized carbons (Fsp3) is 0.462. The van der Waals surface area contributed by atoms with Crippen molar-refractivity contribution in [1.82, 2.24) is 0 Å². The maximum atomic E-state index is 11.3. The second-order valence-corrected chi connectivity index (χ2v) is 4.47. The van der Waals surface area contributed by atoms with Crippen molar-refractivity contribution in [2.24, 2.45) is 11.7 Å². The Morgan fingerprint density at radius 3 is 2.31 bits per heavy atom. The lowest BCUT2D eigenvalue weighted by atomic mass is 9.86. The van der Waals surface area contributed by atoms with Crippen LogP contribution in [-0.2, 0) is 0 Å². The summed E-state index contributed by atoms with van der Waals surface area (Å²) in [6.07, 6.45) is -0.472. The number of benzene rings is 1. The number of nitrogens with two attached hydrogens (primary N) is 1. The molecule has 0 aliphatic rings. The Kier molecular flexibility index (Phi) is 4.07. The van der Waals surface area contributed by atoms with Crippen LogP contribution in [0.25, 0.3) is 0 Å². The molecule has 1 rings (SSSR count). The minimum Gasteiger partial charge on any atom is -0.392 e. The van der Waals surface area contributed by atoms with Crippen molar-refractivity contribution >= 4 is 5.91 Å². The second-order valence-electron chi connectivity index (χ2n) is 4.47. The van der Waals surface area contributed by atoms with Gasteiger partial charge in [0.25, 0.3) is 0 Å². The van der Waals surface area contributed by atoms with Gasteiger partial charge in [-0.2, -0.15) is 0 Å². The van der Waals surface area contributed by atoms with Crippen LogP contribution in [0.4, 0.5) is 0 Å². The molecule has 1 aromatic carbocycles. The summed E-state index contributed by atoms with van der Waals surface area (Å²) in [5.41, 5.74) is 6.62. The molecule has 88 valence electrons. The zero-order valence-electron chi connectivity index (χ0n) is 9.97. The van der Waals surface area contributed by atoms with Crippen LogP contribution in [0.1, 0.15) is 42.6 Å². The van der Waals surface area contributed by atoms with Gasteiger partial charge in [0.1, 0.15) is 0 Å². The lowest BCUT2D eigenvalue weighted by Crippen LogP contribution is -2.25. The quantitative estimate of drug-likeness (QED) is 0.815. The first kappa shape index (κ1) is 12.7. The van der Waals surface area contributed by atoms with Crippen LogP contribution < -0.4 is 5.73 Å². The summed E-state index contributed by atoms with van der Waals surface area (Å²) >= 11 is 0. The van der Waals surface area contributed by atoms with Crippen molar-refractivity contribution in [1.29, 1.82) is 0 Å². The number of rotatable bonds is 4. The molecule has 0 spiro atoms. The summed E-state index contributed by atoms with van der Waals surface area (Å²) in [7, 11) is 0. The number of carbonyl (C=O) groups is 1. The Bertz CT molecular complexity index is 374. The van der Waals surface area contributed by atoms with Gasteiger partial charge in [-0.3, -0.25) is 4.79 Å². The van der Waals surface area contributed by atoms with Crippen LogP contribution in [0.3, 0.4) is 0 Å². The lowest BCUT2D eigenvalue weighted by Gasteiger charge is -2.23. The first-order valence-electron chi connectivity index (χ1n) is 5.52. The van der Waals surface area contributed by atoms with Crippen LogP contribution >= 0.6 is 0 Å². The highest BCUT2D eigenvalue weighted by Crippen LogP contribution is 2.26. The standard InChI is InChI=1S/C13H19NO2/c1-8(2)12(15)9(3)10-6-4-5-7-11(10)13(14)16/h4-9,12,15H,1-3H3,(H2,14,16). The van der Waals surface area contributed by atoms with E-state index in [9.17, 15) is 9.90 Å². The fourth-order valence-corrected chi connectivity index (χ4v) is 1.88. The van der Waals surface area contributed by atoms with Crippen molar-refractivity contribution in [2.45, 2.75) is 32.8 Å². The third-order valence-electron chi connectivity index (χ3n) is 2.91. The smallest absolute Gasteiger partial charge is 0.248 e. The second kappa shape index (κ2) is 5.12. The normalized spacial score (nSPS) is 14.8. The highest BCUT2D eigenvalue weighted by Gasteiger charge is 2.22. The van der Waals surface area contributed by atoms with Crippen LogP contribution in [-0.4, -0.2) is 17.1 Å². The number of aliphatic hydroxyl groups excluding tert-OH is 1. The van der Waals surface area contributed by atoms with Gasteiger partial charge in [-0.15, -0.1) is 0 Å². The van der Waals surface area contributed by atoms with E-state index in [4.69, 9.17) is 5.73 Å². The largest absolute Gasteiger partial charge is 0.392 e. The first-order valence-corrected chi connectivity index (χ1v) is 5.52. The molecule has 0 aromatic heterocycles. The molecule has 0 fully saturated rings. The predicted octanol–water partition coefficient (Wildman–Crippen LogP) is 1.91. The van der Waals surface area contributed by atoms with Gasteiger partial charge in [-0.05, 0) is 17.5 Å². The number of carbonyl (C=O) groups excluding carboxylic acids is 1. The molecule has 0 aliphatic heterocycles. The van der Waals surface area contributed by atoms with E-state index >= 15 is 0 Å². The van der Waals surface area contributed by atoms with Crippen LogP contribution in [0.5, 0.6) is 0 Å². The molecule has 3 N–H and O–H groups in total. The summed E-state index contributed by atoms with van der Waals surface area (Å²) in [6, 6.07) is 7.17. The molecule has 0 saturated heterocycles. The molecule has 3 nitrogen and oxygen atoms in total. The number of amides is 1. The summed E-state index contributed by atoms with van der Waals surface area (Å²) in [4.78, 5) is 11.3. The zero-order valence-corrected chi connectivity index (χ0v) is 9.97. The lowest BCUT2D eigenvalue weighted by molar-refractivity contribution is 0.0969. The highest BCUT2D eigenvalue weighted by atomic mass is 16.3. The van der Waals surface area contributed by atoms with Gasteiger partial charge in [-0.25, -0.2) is 0 Å². The van der Waals surface area contributed by atoms with Crippen LogP contribution in [0.2, 0.25) is 0 Å². The summed E-state index contributed by atoms with van der Waals surface area (Å²) < 4.78 is 0. The number of aliphatic hydroxyl groups is 1. The Hall–Kier alpha value is -1.35. The summed E-state index contributed by atoms with van der Waals surface area (Å²) in [5, 5.41) is 10.0. The molecule has 0 aliphatic carbocycles. The number of hydrogen-bond donors (Lipinski definition) is 2. The topological polar surface area (TPSA) is 63.3 Å². The average molecular weight is 221 g/mol.